The maximum atomic E-state index is 5.88. The normalized spacial score (nSPS) is 14.3. The average Bonchev–Trinajstić information content (AvgIpc) is 2.40. The van der Waals surface area contributed by atoms with Gasteiger partial charge in [-0.2, -0.15) is 0 Å². The maximum Gasteiger partial charge on any atom is 0.121 e. The van der Waals surface area contributed by atoms with Gasteiger partial charge in [-0.05, 0) is 30.4 Å². The van der Waals surface area contributed by atoms with Crippen LogP contribution in [0.3, 0.4) is 0 Å². The molecule has 2 nitrogen and oxygen atoms in total. The molecule has 0 aliphatic carbocycles. The van der Waals surface area contributed by atoms with Crippen molar-refractivity contribution in [2.75, 3.05) is 18.5 Å². The third kappa shape index (κ3) is 3.15. The first-order valence-electron chi connectivity index (χ1n) is 6.83. The fourth-order valence-corrected chi connectivity index (χ4v) is 2.27. The van der Waals surface area contributed by atoms with Crippen molar-refractivity contribution in [1.82, 2.24) is 0 Å². The first kappa shape index (κ1) is 12.3. The number of hydrogen-bond donors (Lipinski definition) is 1. The van der Waals surface area contributed by atoms with Crippen molar-refractivity contribution in [3.63, 3.8) is 0 Å². The average molecular weight is 233 g/mol. The lowest BCUT2D eigenvalue weighted by Gasteiger charge is -2.20. The molecule has 94 valence electrons. The predicted octanol–water partition coefficient (Wildman–Crippen LogP) is 3.86. The van der Waals surface area contributed by atoms with Gasteiger partial charge < -0.3 is 10.1 Å². The van der Waals surface area contributed by atoms with Gasteiger partial charge in [-0.25, -0.2) is 0 Å². The van der Waals surface area contributed by atoms with Gasteiger partial charge in [0.2, 0.25) is 0 Å². The summed E-state index contributed by atoms with van der Waals surface area (Å²) in [5, 5.41) is 3.44. The van der Waals surface area contributed by atoms with Gasteiger partial charge in [0, 0.05) is 18.3 Å². The zero-order chi connectivity index (χ0) is 12.1. The smallest absolute Gasteiger partial charge is 0.121 e. The molecular weight excluding hydrogens is 210 g/mol. The molecule has 1 aliphatic rings. The van der Waals surface area contributed by atoms with E-state index in [0.717, 1.165) is 18.9 Å². The molecule has 0 fully saturated rings. The van der Waals surface area contributed by atoms with Gasteiger partial charge in [0.25, 0.3) is 0 Å². The van der Waals surface area contributed by atoms with Gasteiger partial charge in [0.1, 0.15) is 5.75 Å². The number of benzene rings is 1. The Hall–Kier alpha value is -1.18. The summed E-state index contributed by atoms with van der Waals surface area (Å²) >= 11 is 0. The van der Waals surface area contributed by atoms with Crippen molar-refractivity contribution >= 4 is 5.69 Å². The Bertz CT molecular complexity index is 358. The minimum absolute atomic E-state index is 0.680. The highest BCUT2D eigenvalue weighted by Crippen LogP contribution is 2.27. The van der Waals surface area contributed by atoms with Gasteiger partial charge in [-0.3, -0.25) is 0 Å². The first-order chi connectivity index (χ1) is 8.33. The van der Waals surface area contributed by atoms with Crippen molar-refractivity contribution in [1.29, 1.82) is 0 Å². The summed E-state index contributed by atoms with van der Waals surface area (Å²) in [6.07, 6.45) is 4.81. The molecule has 0 unspecified atom stereocenters. The Morgan fingerprint density at radius 2 is 2.12 bits per heavy atom. The molecule has 2 heteroatoms. The molecule has 2 rings (SSSR count). The molecule has 17 heavy (non-hydrogen) atoms. The Labute approximate surface area is 104 Å². The van der Waals surface area contributed by atoms with Crippen LogP contribution < -0.4 is 10.1 Å². The van der Waals surface area contributed by atoms with Crippen LogP contribution in [0.15, 0.2) is 18.2 Å². The molecular formula is C15H23NO. The van der Waals surface area contributed by atoms with Crippen molar-refractivity contribution in [2.24, 2.45) is 5.92 Å². The van der Waals surface area contributed by atoms with Crippen LogP contribution in [0, 0.1) is 5.92 Å². The first-order valence-corrected chi connectivity index (χ1v) is 6.83. The van der Waals surface area contributed by atoms with Gasteiger partial charge in [-0.15, -0.1) is 0 Å². The number of aryl methyl sites for hydroxylation is 1. The van der Waals surface area contributed by atoms with Crippen LogP contribution in [0.25, 0.3) is 0 Å². The third-order valence-corrected chi connectivity index (χ3v) is 3.66. The van der Waals surface area contributed by atoms with Crippen LogP contribution in [0.2, 0.25) is 0 Å². The molecule has 1 aliphatic heterocycles. The standard InChI is InChI=1S/C15H23NO/c1-3-12(4-2)11-17-14-8-7-13-6-5-9-16-15(13)10-14/h7-8,10,12,16H,3-6,9,11H2,1-2H3. The van der Waals surface area contributed by atoms with Gasteiger partial charge in [-0.1, -0.05) is 32.8 Å². The molecule has 0 saturated heterocycles. The zero-order valence-electron chi connectivity index (χ0n) is 11.0. The molecule has 0 spiro atoms. The predicted molar refractivity (Wildman–Crippen MR) is 72.8 cm³/mol. The third-order valence-electron chi connectivity index (χ3n) is 3.66. The molecule has 0 atom stereocenters. The molecule has 1 N–H and O–H groups in total. The van der Waals surface area contributed by atoms with E-state index in [2.05, 4.69) is 37.4 Å². The van der Waals surface area contributed by atoms with E-state index in [0.29, 0.717) is 5.92 Å². The fraction of sp³-hybridized carbons (Fsp3) is 0.600. The summed E-state index contributed by atoms with van der Waals surface area (Å²) in [5.74, 6) is 1.68. The van der Waals surface area contributed by atoms with E-state index in [9.17, 15) is 0 Å². The van der Waals surface area contributed by atoms with Crippen LogP contribution >= 0.6 is 0 Å². The Balaban J connectivity index is 1.97. The number of hydrogen-bond acceptors (Lipinski definition) is 2. The minimum atomic E-state index is 0.680. The van der Waals surface area contributed by atoms with Crippen molar-refractivity contribution < 1.29 is 4.74 Å². The van der Waals surface area contributed by atoms with E-state index in [1.165, 1.54) is 36.9 Å². The summed E-state index contributed by atoms with van der Waals surface area (Å²) in [6.45, 7) is 6.38. The topological polar surface area (TPSA) is 21.3 Å². The minimum Gasteiger partial charge on any atom is -0.493 e. The number of ether oxygens (including phenoxy) is 1. The lowest BCUT2D eigenvalue weighted by Crippen LogP contribution is -2.13. The summed E-state index contributed by atoms with van der Waals surface area (Å²) in [5.41, 5.74) is 2.68. The summed E-state index contributed by atoms with van der Waals surface area (Å²) in [4.78, 5) is 0. The fourth-order valence-electron chi connectivity index (χ4n) is 2.27. The molecule has 1 heterocycles. The Morgan fingerprint density at radius 1 is 1.29 bits per heavy atom. The Morgan fingerprint density at radius 3 is 2.88 bits per heavy atom. The van der Waals surface area contributed by atoms with E-state index in [-0.39, 0.29) is 0 Å². The number of anilines is 1. The highest BCUT2D eigenvalue weighted by molar-refractivity contribution is 5.56. The molecule has 0 bridgehead atoms. The summed E-state index contributed by atoms with van der Waals surface area (Å²) < 4.78 is 5.88. The Kier molecular flexibility index (Phi) is 4.29. The van der Waals surface area contributed by atoms with Crippen LogP contribution in [0.5, 0.6) is 5.75 Å². The zero-order valence-corrected chi connectivity index (χ0v) is 11.0. The second-order valence-corrected chi connectivity index (χ2v) is 4.84. The van der Waals surface area contributed by atoms with Gasteiger partial charge >= 0.3 is 0 Å². The molecule has 1 aromatic rings. The molecule has 0 aromatic heterocycles. The van der Waals surface area contributed by atoms with Crippen LogP contribution in [-0.2, 0) is 6.42 Å². The molecule has 1 aromatic carbocycles. The largest absolute Gasteiger partial charge is 0.493 e. The summed E-state index contributed by atoms with van der Waals surface area (Å²) in [6, 6.07) is 6.45. The van der Waals surface area contributed by atoms with Gasteiger partial charge in [0.15, 0.2) is 0 Å². The second-order valence-electron chi connectivity index (χ2n) is 4.84. The van der Waals surface area contributed by atoms with Crippen molar-refractivity contribution in [2.45, 2.75) is 39.5 Å². The quantitative estimate of drug-likeness (QED) is 0.833. The summed E-state index contributed by atoms with van der Waals surface area (Å²) in [7, 11) is 0. The van der Waals surface area contributed by atoms with E-state index < -0.39 is 0 Å². The molecule has 0 saturated carbocycles. The molecule has 0 amide bonds. The van der Waals surface area contributed by atoms with E-state index >= 15 is 0 Å². The highest BCUT2D eigenvalue weighted by atomic mass is 16.5. The molecule has 0 radical (unpaired) electrons. The lowest BCUT2D eigenvalue weighted by atomic mass is 10.0. The van der Waals surface area contributed by atoms with E-state index in [1.54, 1.807) is 0 Å². The maximum absolute atomic E-state index is 5.88. The number of fused-ring (bicyclic) bond motifs is 1. The highest BCUT2D eigenvalue weighted by Gasteiger charge is 2.10. The second kappa shape index (κ2) is 5.95. The number of rotatable bonds is 5. The van der Waals surface area contributed by atoms with Gasteiger partial charge in [0.05, 0.1) is 6.61 Å². The van der Waals surface area contributed by atoms with Crippen LogP contribution in [-0.4, -0.2) is 13.2 Å². The van der Waals surface area contributed by atoms with Crippen LogP contribution in [0.1, 0.15) is 38.7 Å². The van der Waals surface area contributed by atoms with Crippen molar-refractivity contribution in [3.8, 4) is 5.75 Å². The number of nitrogens with one attached hydrogen (secondary N) is 1. The van der Waals surface area contributed by atoms with E-state index in [1.807, 2.05) is 0 Å². The van der Waals surface area contributed by atoms with E-state index in [4.69, 9.17) is 4.74 Å². The van der Waals surface area contributed by atoms with Crippen molar-refractivity contribution in [3.05, 3.63) is 23.8 Å². The SMILES string of the molecule is CCC(CC)COc1ccc2c(c1)NCCC2. The lowest BCUT2D eigenvalue weighted by molar-refractivity contribution is 0.240. The van der Waals surface area contributed by atoms with Crippen LogP contribution in [0.4, 0.5) is 5.69 Å². The monoisotopic (exact) mass is 233 g/mol.